The molecular weight excluding hydrogens is 226 g/mol. The molecule has 0 saturated heterocycles. The van der Waals surface area contributed by atoms with E-state index in [0.717, 1.165) is 0 Å². The number of nitrogens with two attached hydrogens (primary N) is 1. The summed E-state index contributed by atoms with van der Waals surface area (Å²) in [6.45, 7) is 0. The Labute approximate surface area is 93.9 Å². The maximum absolute atomic E-state index is 11.8. The lowest BCUT2D eigenvalue weighted by Crippen LogP contribution is -2.10. The van der Waals surface area contributed by atoms with Crippen LogP contribution in [-0.2, 0) is 9.84 Å². The van der Waals surface area contributed by atoms with Crippen LogP contribution in [0.5, 0.6) is 5.75 Å². The zero-order valence-corrected chi connectivity index (χ0v) is 9.49. The molecule has 0 radical (unpaired) electrons. The molecule has 4 nitrogen and oxygen atoms in total. The lowest BCUT2D eigenvalue weighted by Gasteiger charge is -2.09. The van der Waals surface area contributed by atoms with Crippen LogP contribution < -0.4 is 10.5 Å². The molecule has 1 aromatic carbocycles. The highest BCUT2D eigenvalue weighted by atomic mass is 32.2. The van der Waals surface area contributed by atoms with E-state index in [0.29, 0.717) is 11.3 Å². The van der Waals surface area contributed by atoms with Gasteiger partial charge in [0.1, 0.15) is 10.8 Å². The first-order valence-electron chi connectivity index (χ1n) is 4.63. The first kappa shape index (κ1) is 10.8. The quantitative estimate of drug-likeness (QED) is 0.840. The third-order valence-electron chi connectivity index (χ3n) is 2.37. The minimum Gasteiger partial charge on any atom is -0.496 e. The van der Waals surface area contributed by atoms with Crippen molar-refractivity contribution >= 4 is 14.7 Å². The van der Waals surface area contributed by atoms with Gasteiger partial charge in [0.05, 0.1) is 12.0 Å². The lowest BCUT2D eigenvalue weighted by molar-refractivity contribution is 0.413. The minimum absolute atomic E-state index is 0.131. The summed E-state index contributed by atoms with van der Waals surface area (Å²) in [4.78, 5) is 0.183. The number of hydrogen-bond acceptors (Lipinski definition) is 4. The molecule has 0 aliphatic carbocycles. The van der Waals surface area contributed by atoms with Crippen LogP contribution in [0.2, 0.25) is 0 Å². The van der Waals surface area contributed by atoms with Gasteiger partial charge in [-0.3, -0.25) is 0 Å². The Bertz CT molecular complexity index is 585. The Hall–Kier alpha value is -1.75. The van der Waals surface area contributed by atoms with Crippen LogP contribution in [0.25, 0.3) is 4.91 Å². The van der Waals surface area contributed by atoms with E-state index < -0.39 is 9.84 Å². The summed E-state index contributed by atoms with van der Waals surface area (Å²) in [6, 6.07) is 6.93. The molecule has 1 aliphatic rings. The van der Waals surface area contributed by atoms with Crippen molar-refractivity contribution in [3.63, 3.8) is 0 Å². The predicted molar refractivity (Wildman–Crippen MR) is 62.2 cm³/mol. The van der Waals surface area contributed by atoms with Gasteiger partial charge in [0.15, 0.2) is 0 Å². The van der Waals surface area contributed by atoms with Gasteiger partial charge >= 0.3 is 0 Å². The number of methoxy groups -OCH3 is 1. The minimum atomic E-state index is -3.53. The van der Waals surface area contributed by atoms with Crippen molar-refractivity contribution in [2.75, 3.05) is 7.11 Å². The normalized spacial score (nSPS) is 17.8. The maximum Gasteiger partial charge on any atom is 0.222 e. The molecule has 0 aromatic heterocycles. The van der Waals surface area contributed by atoms with Crippen molar-refractivity contribution in [2.45, 2.75) is 0 Å². The zero-order valence-electron chi connectivity index (χ0n) is 8.67. The number of hydrogen-bond donors (Lipinski definition) is 1. The van der Waals surface area contributed by atoms with Crippen molar-refractivity contribution in [1.29, 1.82) is 0 Å². The Morgan fingerprint density at radius 3 is 2.44 bits per heavy atom. The SMILES string of the molecule is COc1ccccc1C1=CC=C(N)S1(=O)=O. The molecule has 0 atom stereocenters. The van der Waals surface area contributed by atoms with E-state index in [4.69, 9.17) is 10.5 Å². The summed E-state index contributed by atoms with van der Waals surface area (Å²) in [5.41, 5.74) is 5.94. The first-order chi connectivity index (χ1) is 7.57. The maximum atomic E-state index is 11.8. The molecule has 0 spiro atoms. The molecule has 2 N–H and O–H groups in total. The molecule has 84 valence electrons. The monoisotopic (exact) mass is 237 g/mol. The van der Waals surface area contributed by atoms with E-state index in [1.165, 1.54) is 19.3 Å². The van der Waals surface area contributed by atoms with Gasteiger partial charge in [0, 0.05) is 5.56 Å². The highest BCUT2D eigenvalue weighted by Gasteiger charge is 2.28. The average Bonchev–Trinajstić information content (AvgIpc) is 2.54. The molecule has 16 heavy (non-hydrogen) atoms. The van der Waals surface area contributed by atoms with Crippen LogP contribution in [0.3, 0.4) is 0 Å². The molecular formula is C11H11NO3S. The number of benzene rings is 1. The third-order valence-corrected chi connectivity index (χ3v) is 4.06. The van der Waals surface area contributed by atoms with Gasteiger partial charge in [-0.25, -0.2) is 8.42 Å². The summed E-state index contributed by atoms with van der Waals surface area (Å²) in [5.74, 6) is 0.514. The Balaban J connectivity index is 2.57. The molecule has 2 rings (SSSR count). The molecule has 5 heteroatoms. The molecule has 0 bridgehead atoms. The summed E-state index contributed by atoms with van der Waals surface area (Å²) in [6.07, 6.45) is 2.87. The van der Waals surface area contributed by atoms with E-state index in [2.05, 4.69) is 0 Å². The summed E-state index contributed by atoms with van der Waals surface area (Å²) < 4.78 is 28.8. The second kappa shape index (κ2) is 3.68. The summed E-state index contributed by atoms with van der Waals surface area (Å²) in [7, 11) is -2.03. The standard InChI is InChI=1S/C11H11NO3S/c1-15-9-5-3-2-4-8(9)10-6-7-11(12)16(10,13)14/h2-7H,12H2,1H3. The van der Waals surface area contributed by atoms with E-state index in [9.17, 15) is 8.42 Å². The summed E-state index contributed by atoms with van der Waals surface area (Å²) in [5, 5.41) is -0.131. The number of ether oxygens (including phenoxy) is 1. The van der Waals surface area contributed by atoms with Gasteiger partial charge in [-0.2, -0.15) is 0 Å². The van der Waals surface area contributed by atoms with Gasteiger partial charge in [-0.15, -0.1) is 0 Å². The first-order valence-corrected chi connectivity index (χ1v) is 6.11. The van der Waals surface area contributed by atoms with E-state index >= 15 is 0 Å². The largest absolute Gasteiger partial charge is 0.496 e. The van der Waals surface area contributed by atoms with Crippen LogP contribution >= 0.6 is 0 Å². The van der Waals surface area contributed by atoms with Gasteiger partial charge in [0.25, 0.3) is 0 Å². The summed E-state index contributed by atoms with van der Waals surface area (Å²) >= 11 is 0. The average molecular weight is 237 g/mol. The van der Waals surface area contributed by atoms with Gasteiger partial charge in [0.2, 0.25) is 9.84 Å². The smallest absolute Gasteiger partial charge is 0.222 e. The van der Waals surface area contributed by atoms with E-state index in [1.807, 2.05) is 0 Å². The molecule has 0 fully saturated rings. The molecule has 1 heterocycles. The predicted octanol–water partition coefficient (Wildman–Crippen LogP) is 1.26. The number of allylic oxidation sites excluding steroid dienone is 2. The van der Waals surface area contributed by atoms with Gasteiger partial charge < -0.3 is 10.5 Å². The second-order valence-corrected chi connectivity index (χ2v) is 5.22. The fourth-order valence-electron chi connectivity index (χ4n) is 1.55. The number of rotatable bonds is 2. The number of sulfone groups is 1. The fourth-order valence-corrected chi connectivity index (χ4v) is 2.75. The van der Waals surface area contributed by atoms with Crippen LogP contribution in [0.1, 0.15) is 5.56 Å². The topological polar surface area (TPSA) is 69.4 Å². The fraction of sp³-hybridized carbons (Fsp3) is 0.0909. The molecule has 0 amide bonds. The van der Waals surface area contributed by atoms with Crippen molar-refractivity contribution < 1.29 is 13.2 Å². The molecule has 1 aliphatic heterocycles. The molecule has 0 unspecified atom stereocenters. The molecule has 0 saturated carbocycles. The number of para-hydroxylation sites is 1. The van der Waals surface area contributed by atoms with Gasteiger partial charge in [-0.05, 0) is 24.3 Å². The van der Waals surface area contributed by atoms with E-state index in [1.54, 1.807) is 24.3 Å². The zero-order chi connectivity index (χ0) is 11.8. The highest BCUT2D eigenvalue weighted by Crippen LogP contribution is 2.34. The van der Waals surface area contributed by atoms with Crippen LogP contribution in [0, 0.1) is 0 Å². The Morgan fingerprint density at radius 2 is 1.88 bits per heavy atom. The lowest BCUT2D eigenvalue weighted by atomic mass is 10.2. The second-order valence-electron chi connectivity index (χ2n) is 3.30. The van der Waals surface area contributed by atoms with Crippen molar-refractivity contribution in [1.82, 2.24) is 0 Å². The third kappa shape index (κ3) is 1.49. The molecule has 1 aromatic rings. The van der Waals surface area contributed by atoms with Crippen LogP contribution in [-0.4, -0.2) is 15.5 Å². The highest BCUT2D eigenvalue weighted by molar-refractivity contribution is 8.04. The van der Waals surface area contributed by atoms with Crippen molar-refractivity contribution in [3.05, 3.63) is 47.0 Å². The van der Waals surface area contributed by atoms with Crippen LogP contribution in [0.4, 0.5) is 0 Å². The Kier molecular flexibility index (Phi) is 2.47. The van der Waals surface area contributed by atoms with Crippen molar-refractivity contribution in [3.8, 4) is 5.75 Å². The van der Waals surface area contributed by atoms with E-state index in [-0.39, 0.29) is 9.93 Å². The van der Waals surface area contributed by atoms with Crippen LogP contribution in [0.15, 0.2) is 41.4 Å². The Morgan fingerprint density at radius 1 is 1.19 bits per heavy atom. The van der Waals surface area contributed by atoms with Gasteiger partial charge in [-0.1, -0.05) is 12.1 Å². The van der Waals surface area contributed by atoms with Crippen molar-refractivity contribution in [2.24, 2.45) is 5.73 Å².